The van der Waals surface area contributed by atoms with Crippen molar-refractivity contribution in [2.24, 2.45) is 0 Å². The van der Waals surface area contributed by atoms with E-state index in [4.69, 9.17) is 0 Å². The fourth-order valence-corrected chi connectivity index (χ4v) is 3.87. The Morgan fingerprint density at radius 2 is 1.68 bits per heavy atom. The van der Waals surface area contributed by atoms with E-state index in [1.54, 1.807) is 0 Å². The van der Waals surface area contributed by atoms with E-state index in [1.165, 1.54) is 10.9 Å². The van der Waals surface area contributed by atoms with Crippen LogP contribution in [0.5, 0.6) is 0 Å². The molecule has 0 saturated heterocycles. The molecule has 0 bridgehead atoms. The van der Waals surface area contributed by atoms with E-state index in [-0.39, 0.29) is 23.9 Å². The Labute approximate surface area is 181 Å². The Morgan fingerprint density at radius 1 is 1.03 bits per heavy atom. The van der Waals surface area contributed by atoms with Gasteiger partial charge in [-0.15, -0.1) is 0 Å². The monoisotopic (exact) mass is 414 g/mol. The number of carbonyl (C=O) groups excluding carboxylic acids is 1. The average molecular weight is 415 g/mol. The third-order valence-corrected chi connectivity index (χ3v) is 5.79. The van der Waals surface area contributed by atoms with Crippen molar-refractivity contribution in [1.82, 2.24) is 19.4 Å². The van der Waals surface area contributed by atoms with Gasteiger partial charge in [-0.1, -0.05) is 55.5 Å². The van der Waals surface area contributed by atoms with E-state index in [0.29, 0.717) is 17.6 Å². The smallest absolute Gasteiger partial charge is 0.263 e. The minimum absolute atomic E-state index is 0.0573. The number of hydrogen-bond donors (Lipinski definition) is 1. The van der Waals surface area contributed by atoms with Crippen LogP contribution in [0.2, 0.25) is 0 Å². The molecule has 158 valence electrons. The molecule has 2 aromatic carbocycles. The molecule has 0 aliphatic carbocycles. The van der Waals surface area contributed by atoms with Gasteiger partial charge in [0, 0.05) is 17.9 Å². The molecular formula is C25H26N4O2. The van der Waals surface area contributed by atoms with Crippen LogP contribution >= 0.6 is 0 Å². The topological polar surface area (TPSA) is 68.9 Å². The normalized spacial score (nSPS) is 12.1. The Kier molecular flexibility index (Phi) is 5.71. The average Bonchev–Trinajstić information content (AvgIpc) is 3.05. The summed E-state index contributed by atoms with van der Waals surface area (Å²) in [5.41, 5.74) is 4.37. The quantitative estimate of drug-likeness (QED) is 0.523. The first kappa shape index (κ1) is 20.6. The molecule has 1 N–H and O–H groups in total. The summed E-state index contributed by atoms with van der Waals surface area (Å²) in [6.07, 6.45) is 1.46. The molecule has 0 spiro atoms. The van der Waals surface area contributed by atoms with E-state index in [1.807, 2.05) is 79.1 Å². The predicted molar refractivity (Wildman–Crippen MR) is 123 cm³/mol. The molecule has 0 saturated carbocycles. The number of aryl methyl sites for hydroxylation is 1. The highest BCUT2D eigenvalue weighted by Gasteiger charge is 2.18. The van der Waals surface area contributed by atoms with Crippen LogP contribution in [0.15, 0.2) is 71.8 Å². The van der Waals surface area contributed by atoms with E-state index < -0.39 is 0 Å². The Morgan fingerprint density at radius 3 is 2.35 bits per heavy atom. The SMILES string of the molecule is Cc1c(C)n(-c2ccccc2)c2ncn(CC(=O)NCC(C)c3ccccc3)c(=O)c12. The summed E-state index contributed by atoms with van der Waals surface area (Å²) in [5, 5.41) is 3.48. The zero-order valence-corrected chi connectivity index (χ0v) is 18.0. The second kappa shape index (κ2) is 8.60. The van der Waals surface area contributed by atoms with Gasteiger partial charge in [-0.05, 0) is 43.0 Å². The number of hydrogen-bond acceptors (Lipinski definition) is 3. The Hall–Kier alpha value is -3.67. The van der Waals surface area contributed by atoms with Crippen molar-refractivity contribution >= 4 is 16.9 Å². The Balaban J connectivity index is 1.57. The first-order valence-corrected chi connectivity index (χ1v) is 10.4. The molecule has 1 unspecified atom stereocenters. The van der Waals surface area contributed by atoms with E-state index in [2.05, 4.69) is 17.2 Å². The maximum absolute atomic E-state index is 13.2. The van der Waals surface area contributed by atoms with Gasteiger partial charge in [0.15, 0.2) is 5.65 Å². The van der Waals surface area contributed by atoms with Crippen LogP contribution in [0.1, 0.15) is 29.7 Å². The summed E-state index contributed by atoms with van der Waals surface area (Å²) in [4.78, 5) is 30.2. The molecule has 6 heteroatoms. The van der Waals surface area contributed by atoms with Crippen LogP contribution in [-0.4, -0.2) is 26.6 Å². The van der Waals surface area contributed by atoms with Crippen molar-refractivity contribution in [1.29, 1.82) is 0 Å². The van der Waals surface area contributed by atoms with Crippen LogP contribution < -0.4 is 10.9 Å². The Bertz CT molecular complexity index is 1270. The van der Waals surface area contributed by atoms with Gasteiger partial charge in [-0.3, -0.25) is 18.7 Å². The van der Waals surface area contributed by atoms with Crippen molar-refractivity contribution < 1.29 is 4.79 Å². The highest BCUT2D eigenvalue weighted by atomic mass is 16.2. The third kappa shape index (κ3) is 4.01. The zero-order valence-electron chi connectivity index (χ0n) is 18.0. The van der Waals surface area contributed by atoms with Gasteiger partial charge in [-0.2, -0.15) is 0 Å². The first-order chi connectivity index (χ1) is 15.0. The van der Waals surface area contributed by atoms with Gasteiger partial charge in [0.2, 0.25) is 5.91 Å². The number of rotatable bonds is 6. The lowest BCUT2D eigenvalue weighted by molar-refractivity contribution is -0.121. The molecule has 0 fully saturated rings. The lowest BCUT2D eigenvalue weighted by Gasteiger charge is -2.13. The first-order valence-electron chi connectivity index (χ1n) is 10.4. The molecule has 2 heterocycles. The third-order valence-electron chi connectivity index (χ3n) is 5.79. The number of fused-ring (bicyclic) bond motifs is 1. The van der Waals surface area contributed by atoms with E-state index in [0.717, 1.165) is 22.5 Å². The van der Waals surface area contributed by atoms with Gasteiger partial charge in [0.05, 0.1) is 5.39 Å². The number of benzene rings is 2. The molecule has 0 aliphatic rings. The highest BCUT2D eigenvalue weighted by molar-refractivity contribution is 5.83. The number of amides is 1. The standard InChI is InChI=1S/C25H26N4O2/c1-17(20-10-6-4-7-11-20)14-26-22(30)15-28-16-27-24-23(25(28)31)18(2)19(3)29(24)21-12-8-5-9-13-21/h4-13,16-17H,14-15H2,1-3H3,(H,26,30). The highest BCUT2D eigenvalue weighted by Crippen LogP contribution is 2.24. The summed E-state index contributed by atoms with van der Waals surface area (Å²) in [5.74, 6) is -0.0184. The van der Waals surface area contributed by atoms with Gasteiger partial charge in [0.1, 0.15) is 12.9 Å². The van der Waals surface area contributed by atoms with Crippen molar-refractivity contribution in [2.45, 2.75) is 33.2 Å². The predicted octanol–water partition coefficient (Wildman–Crippen LogP) is 3.72. The van der Waals surface area contributed by atoms with E-state index >= 15 is 0 Å². The summed E-state index contributed by atoms with van der Waals surface area (Å²) in [6, 6.07) is 19.9. The lowest BCUT2D eigenvalue weighted by Crippen LogP contribution is -2.34. The number of carbonyl (C=O) groups is 1. The molecular weight excluding hydrogens is 388 g/mol. The van der Waals surface area contributed by atoms with Crippen molar-refractivity contribution in [3.05, 3.63) is 94.2 Å². The van der Waals surface area contributed by atoms with Crippen molar-refractivity contribution in [3.8, 4) is 5.69 Å². The largest absolute Gasteiger partial charge is 0.354 e. The number of aromatic nitrogens is 3. The molecule has 1 atom stereocenters. The van der Waals surface area contributed by atoms with Crippen molar-refractivity contribution in [3.63, 3.8) is 0 Å². The number of nitrogens with one attached hydrogen (secondary N) is 1. The van der Waals surface area contributed by atoms with Crippen LogP contribution in [0.4, 0.5) is 0 Å². The van der Waals surface area contributed by atoms with Gasteiger partial charge < -0.3 is 5.32 Å². The fourth-order valence-electron chi connectivity index (χ4n) is 3.87. The molecule has 2 aromatic heterocycles. The lowest BCUT2D eigenvalue weighted by atomic mass is 10.0. The number of nitrogens with zero attached hydrogens (tertiary/aromatic N) is 3. The molecule has 4 aromatic rings. The number of para-hydroxylation sites is 1. The molecule has 6 nitrogen and oxygen atoms in total. The van der Waals surface area contributed by atoms with Crippen LogP contribution in [0.25, 0.3) is 16.7 Å². The second-order valence-corrected chi connectivity index (χ2v) is 7.87. The summed E-state index contributed by atoms with van der Waals surface area (Å²) in [6.45, 7) is 6.42. The van der Waals surface area contributed by atoms with Gasteiger partial charge in [-0.25, -0.2) is 4.98 Å². The summed E-state index contributed by atoms with van der Waals surface area (Å²) in [7, 11) is 0. The maximum Gasteiger partial charge on any atom is 0.263 e. The minimum Gasteiger partial charge on any atom is -0.354 e. The van der Waals surface area contributed by atoms with Crippen LogP contribution in [-0.2, 0) is 11.3 Å². The fraction of sp³-hybridized carbons (Fsp3) is 0.240. The van der Waals surface area contributed by atoms with Crippen molar-refractivity contribution in [2.75, 3.05) is 6.54 Å². The maximum atomic E-state index is 13.2. The van der Waals surface area contributed by atoms with E-state index in [9.17, 15) is 9.59 Å². The molecule has 0 radical (unpaired) electrons. The van der Waals surface area contributed by atoms with Gasteiger partial charge >= 0.3 is 0 Å². The summed E-state index contributed by atoms with van der Waals surface area (Å²) >= 11 is 0. The van der Waals surface area contributed by atoms with Crippen LogP contribution in [0.3, 0.4) is 0 Å². The summed E-state index contributed by atoms with van der Waals surface area (Å²) < 4.78 is 3.37. The molecule has 0 aliphatic heterocycles. The zero-order chi connectivity index (χ0) is 22.0. The second-order valence-electron chi connectivity index (χ2n) is 7.87. The molecule has 4 rings (SSSR count). The van der Waals surface area contributed by atoms with Crippen LogP contribution in [0, 0.1) is 13.8 Å². The molecule has 31 heavy (non-hydrogen) atoms. The molecule has 1 amide bonds. The minimum atomic E-state index is -0.206. The van der Waals surface area contributed by atoms with Gasteiger partial charge in [0.25, 0.3) is 5.56 Å².